The molecule has 0 unspecified atom stereocenters. The van der Waals surface area contributed by atoms with Gasteiger partial charge in [0.25, 0.3) is 10.0 Å². The maximum absolute atomic E-state index is 13.6. The molecule has 128 valence electrons. The summed E-state index contributed by atoms with van der Waals surface area (Å²) in [4.78, 5) is -0.171. The highest BCUT2D eigenvalue weighted by molar-refractivity contribution is 7.92. The van der Waals surface area contributed by atoms with Crippen LogP contribution in [-0.2, 0) is 20.0 Å². The van der Waals surface area contributed by atoms with Crippen molar-refractivity contribution >= 4 is 25.7 Å². The average Bonchev–Trinajstić information content (AvgIpc) is 3.33. The summed E-state index contributed by atoms with van der Waals surface area (Å²) in [7, 11) is -7.66. The van der Waals surface area contributed by atoms with Crippen LogP contribution < -0.4 is 9.44 Å². The van der Waals surface area contributed by atoms with Gasteiger partial charge in [0.1, 0.15) is 5.82 Å². The molecule has 1 aliphatic carbocycles. The summed E-state index contributed by atoms with van der Waals surface area (Å²) >= 11 is 0. The minimum Gasteiger partial charge on any atom is -0.277 e. The molecule has 0 heterocycles. The molecule has 0 saturated heterocycles. The first-order valence-electron chi connectivity index (χ1n) is 7.18. The Morgan fingerprint density at radius 1 is 0.833 bits per heavy atom. The monoisotopic (exact) mass is 370 g/mol. The Hall–Kier alpha value is -1.97. The standard InChI is InChI=1S/C15H15FN2O4S2/c16-14-3-1-2-4-15(14)18-24(21,22)13-9-7-12(8-10-13)23(19,20)17-11-5-6-11/h1-4,7-11,17-18H,5-6H2. The number of hydrogen-bond donors (Lipinski definition) is 2. The second kappa shape index (κ2) is 6.15. The van der Waals surface area contributed by atoms with Gasteiger partial charge in [-0.25, -0.2) is 25.9 Å². The Morgan fingerprint density at radius 3 is 1.92 bits per heavy atom. The molecule has 0 bridgehead atoms. The van der Waals surface area contributed by atoms with Gasteiger partial charge in [-0.15, -0.1) is 0 Å². The molecule has 1 saturated carbocycles. The maximum Gasteiger partial charge on any atom is 0.261 e. The highest BCUT2D eigenvalue weighted by atomic mass is 32.2. The van der Waals surface area contributed by atoms with Crippen molar-refractivity contribution in [2.75, 3.05) is 4.72 Å². The number of para-hydroxylation sites is 1. The molecule has 6 nitrogen and oxygen atoms in total. The minimum atomic E-state index is -4.01. The van der Waals surface area contributed by atoms with Crippen molar-refractivity contribution in [3.8, 4) is 0 Å². The Morgan fingerprint density at radius 2 is 1.38 bits per heavy atom. The summed E-state index contributed by atoms with van der Waals surface area (Å²) in [6, 6.07) is 10.1. The van der Waals surface area contributed by atoms with Crippen molar-refractivity contribution in [3.05, 3.63) is 54.3 Å². The zero-order chi connectivity index (χ0) is 17.4. The van der Waals surface area contributed by atoms with E-state index in [1.54, 1.807) is 0 Å². The molecule has 2 N–H and O–H groups in total. The van der Waals surface area contributed by atoms with Crippen LogP contribution in [0.4, 0.5) is 10.1 Å². The molecule has 24 heavy (non-hydrogen) atoms. The molecule has 0 radical (unpaired) electrons. The molecular formula is C15H15FN2O4S2. The minimum absolute atomic E-state index is 0.0146. The third-order valence-electron chi connectivity index (χ3n) is 3.46. The van der Waals surface area contributed by atoms with Gasteiger partial charge in [-0.05, 0) is 49.2 Å². The van der Waals surface area contributed by atoms with E-state index in [9.17, 15) is 21.2 Å². The van der Waals surface area contributed by atoms with Crippen LogP contribution >= 0.6 is 0 Å². The Labute approximate surface area is 139 Å². The molecule has 2 aromatic rings. The van der Waals surface area contributed by atoms with E-state index in [1.165, 1.54) is 42.5 Å². The smallest absolute Gasteiger partial charge is 0.261 e. The SMILES string of the molecule is O=S(=O)(Nc1ccccc1F)c1ccc(S(=O)(=O)NC2CC2)cc1. The number of rotatable bonds is 6. The third kappa shape index (κ3) is 3.74. The molecule has 1 fully saturated rings. The van der Waals surface area contributed by atoms with E-state index < -0.39 is 25.9 Å². The maximum atomic E-state index is 13.6. The van der Waals surface area contributed by atoms with Crippen LogP contribution in [0.3, 0.4) is 0 Å². The lowest BCUT2D eigenvalue weighted by molar-refractivity contribution is 0.580. The summed E-state index contributed by atoms with van der Waals surface area (Å²) in [5, 5.41) is 0. The lowest BCUT2D eigenvalue weighted by Crippen LogP contribution is -2.25. The van der Waals surface area contributed by atoms with Crippen molar-refractivity contribution < 1.29 is 21.2 Å². The van der Waals surface area contributed by atoms with Crippen molar-refractivity contribution in [2.24, 2.45) is 0 Å². The number of halogens is 1. The molecule has 0 aliphatic heterocycles. The van der Waals surface area contributed by atoms with Gasteiger partial charge in [0.2, 0.25) is 10.0 Å². The molecule has 3 rings (SSSR count). The second-order valence-electron chi connectivity index (χ2n) is 5.45. The number of anilines is 1. The fraction of sp³-hybridized carbons (Fsp3) is 0.200. The lowest BCUT2D eigenvalue weighted by Gasteiger charge is -2.10. The van der Waals surface area contributed by atoms with Gasteiger partial charge in [0.15, 0.2) is 0 Å². The molecule has 1 aliphatic rings. The molecule has 0 atom stereocenters. The second-order valence-corrected chi connectivity index (χ2v) is 8.85. The molecule has 9 heteroatoms. The highest BCUT2D eigenvalue weighted by Gasteiger charge is 2.28. The van der Waals surface area contributed by atoms with Crippen LogP contribution in [0.2, 0.25) is 0 Å². The summed E-state index contributed by atoms with van der Waals surface area (Å²) < 4.78 is 66.8. The van der Waals surface area contributed by atoms with E-state index in [2.05, 4.69) is 9.44 Å². The molecular weight excluding hydrogens is 355 g/mol. The van der Waals surface area contributed by atoms with Gasteiger partial charge >= 0.3 is 0 Å². The summed E-state index contributed by atoms with van der Waals surface area (Å²) in [5.74, 6) is -0.700. The zero-order valence-corrected chi connectivity index (χ0v) is 14.1. The van der Waals surface area contributed by atoms with E-state index >= 15 is 0 Å². The largest absolute Gasteiger partial charge is 0.277 e. The summed E-state index contributed by atoms with van der Waals surface area (Å²) in [5.41, 5.74) is -0.176. The predicted octanol–water partition coefficient (Wildman–Crippen LogP) is 2.07. The van der Waals surface area contributed by atoms with Gasteiger partial charge in [-0.2, -0.15) is 0 Å². The van der Waals surface area contributed by atoms with Crippen LogP contribution in [0.1, 0.15) is 12.8 Å². The van der Waals surface area contributed by atoms with E-state index in [-0.39, 0.29) is 21.5 Å². The number of sulfonamides is 2. The molecule has 0 aromatic heterocycles. The Bertz CT molecular complexity index is 953. The first-order valence-corrected chi connectivity index (χ1v) is 10.1. The van der Waals surface area contributed by atoms with Gasteiger partial charge in [-0.3, -0.25) is 4.72 Å². The van der Waals surface area contributed by atoms with Gasteiger partial charge < -0.3 is 0 Å². The van der Waals surface area contributed by atoms with Crippen molar-refractivity contribution in [3.63, 3.8) is 0 Å². The summed E-state index contributed by atoms with van der Waals surface area (Å²) in [6.45, 7) is 0. The first-order chi connectivity index (χ1) is 11.3. The topological polar surface area (TPSA) is 92.3 Å². The van der Waals surface area contributed by atoms with Gasteiger partial charge in [0.05, 0.1) is 15.5 Å². The van der Waals surface area contributed by atoms with Crippen LogP contribution in [0.25, 0.3) is 0 Å². The van der Waals surface area contributed by atoms with E-state index in [1.807, 2.05) is 0 Å². The number of hydrogen-bond acceptors (Lipinski definition) is 4. The normalized spacial score (nSPS) is 15.2. The van der Waals surface area contributed by atoms with E-state index in [0.717, 1.165) is 18.9 Å². The van der Waals surface area contributed by atoms with Crippen LogP contribution in [0, 0.1) is 5.82 Å². The van der Waals surface area contributed by atoms with Crippen molar-refractivity contribution in [1.29, 1.82) is 0 Å². The summed E-state index contributed by atoms with van der Waals surface area (Å²) in [6.07, 6.45) is 1.61. The van der Waals surface area contributed by atoms with Crippen LogP contribution in [-0.4, -0.2) is 22.9 Å². The Balaban J connectivity index is 1.83. The fourth-order valence-corrected chi connectivity index (χ4v) is 4.41. The van der Waals surface area contributed by atoms with Crippen molar-refractivity contribution in [2.45, 2.75) is 28.7 Å². The fourth-order valence-electron chi connectivity index (χ4n) is 2.03. The van der Waals surface area contributed by atoms with E-state index in [4.69, 9.17) is 0 Å². The van der Waals surface area contributed by atoms with Crippen molar-refractivity contribution in [1.82, 2.24) is 4.72 Å². The number of nitrogens with one attached hydrogen (secondary N) is 2. The Kier molecular flexibility index (Phi) is 4.33. The van der Waals surface area contributed by atoms with Gasteiger partial charge in [-0.1, -0.05) is 12.1 Å². The third-order valence-corrected chi connectivity index (χ3v) is 6.38. The van der Waals surface area contributed by atoms with E-state index in [0.29, 0.717) is 0 Å². The molecule has 0 amide bonds. The lowest BCUT2D eigenvalue weighted by atomic mass is 10.3. The average molecular weight is 370 g/mol. The van der Waals surface area contributed by atoms with Gasteiger partial charge in [0, 0.05) is 6.04 Å². The molecule has 2 aromatic carbocycles. The van der Waals surface area contributed by atoms with Crippen LogP contribution in [0.5, 0.6) is 0 Å². The van der Waals surface area contributed by atoms with Crippen LogP contribution in [0.15, 0.2) is 58.3 Å². The molecule has 0 spiro atoms. The highest BCUT2D eigenvalue weighted by Crippen LogP contribution is 2.23. The first kappa shape index (κ1) is 16.9. The predicted molar refractivity (Wildman–Crippen MR) is 87.0 cm³/mol. The zero-order valence-electron chi connectivity index (χ0n) is 12.4. The quantitative estimate of drug-likeness (QED) is 0.814. The number of benzene rings is 2.